The van der Waals surface area contributed by atoms with Crippen LogP contribution in [0.4, 0.5) is 0 Å². The second-order valence-corrected chi connectivity index (χ2v) is 4.38. The van der Waals surface area contributed by atoms with Gasteiger partial charge in [-0.3, -0.25) is 0 Å². The molecule has 7 heteroatoms. The van der Waals surface area contributed by atoms with Crippen LogP contribution in [0, 0.1) is 0 Å². The summed E-state index contributed by atoms with van der Waals surface area (Å²) in [5.41, 5.74) is -0.00620. The van der Waals surface area contributed by atoms with E-state index in [1.54, 1.807) is 24.0 Å². The molecule has 17 heavy (non-hydrogen) atoms. The number of hydrogen-bond acceptors (Lipinski definition) is 5. The molecule has 2 aromatic rings. The van der Waals surface area contributed by atoms with Crippen molar-refractivity contribution in [2.75, 3.05) is 5.75 Å². The molecule has 88 valence electrons. The Morgan fingerprint density at radius 2 is 2.35 bits per heavy atom. The molecule has 6 nitrogen and oxygen atoms in total. The van der Waals surface area contributed by atoms with Gasteiger partial charge in [-0.2, -0.15) is 5.10 Å². The maximum atomic E-state index is 10.7. The summed E-state index contributed by atoms with van der Waals surface area (Å²) in [6.07, 6.45) is 3.00. The number of aromatic nitrogens is 4. The van der Waals surface area contributed by atoms with Crippen LogP contribution >= 0.6 is 11.8 Å². The van der Waals surface area contributed by atoms with Crippen LogP contribution in [0.2, 0.25) is 0 Å². The summed E-state index contributed by atoms with van der Waals surface area (Å²) in [6.45, 7) is 2.03. The molecule has 0 bridgehead atoms. The highest BCUT2D eigenvalue weighted by atomic mass is 32.2. The fraction of sp³-hybridized carbons (Fsp3) is 0.200. The van der Waals surface area contributed by atoms with Gasteiger partial charge < -0.3 is 5.11 Å². The first-order valence-electron chi connectivity index (χ1n) is 4.95. The molecule has 0 saturated carbocycles. The van der Waals surface area contributed by atoms with Crippen LogP contribution in [0.5, 0.6) is 0 Å². The van der Waals surface area contributed by atoms with Gasteiger partial charge in [-0.15, -0.1) is 11.8 Å². The lowest BCUT2D eigenvalue weighted by atomic mass is 10.5. The molecule has 2 heterocycles. The standard InChI is InChI=1S/C10H10N4O2S/c1-2-17-9-5-8(11-6-12-9)14-4-3-7(13-14)10(15)16/h3-6H,2H2,1H3,(H,15,16). The average Bonchev–Trinajstić information content (AvgIpc) is 2.79. The number of carbonyl (C=O) groups is 1. The Morgan fingerprint density at radius 1 is 1.53 bits per heavy atom. The van der Waals surface area contributed by atoms with Crippen molar-refractivity contribution in [3.8, 4) is 5.82 Å². The minimum atomic E-state index is -1.05. The Labute approximate surface area is 102 Å². The fourth-order valence-corrected chi connectivity index (χ4v) is 1.85. The molecule has 2 rings (SSSR count). The molecule has 0 fully saturated rings. The van der Waals surface area contributed by atoms with E-state index in [-0.39, 0.29) is 5.69 Å². The lowest BCUT2D eigenvalue weighted by Crippen LogP contribution is -2.03. The van der Waals surface area contributed by atoms with Crippen molar-refractivity contribution in [1.29, 1.82) is 0 Å². The van der Waals surface area contributed by atoms with Crippen LogP contribution in [0.1, 0.15) is 17.4 Å². The van der Waals surface area contributed by atoms with Gasteiger partial charge in [-0.25, -0.2) is 19.4 Å². The van der Waals surface area contributed by atoms with E-state index < -0.39 is 5.97 Å². The third-order valence-corrected chi connectivity index (χ3v) is 2.77. The first kappa shape index (κ1) is 11.6. The molecule has 1 N–H and O–H groups in total. The third-order valence-electron chi connectivity index (χ3n) is 1.96. The molecule has 2 aromatic heterocycles. The van der Waals surface area contributed by atoms with Gasteiger partial charge in [0, 0.05) is 12.3 Å². The minimum absolute atomic E-state index is 0.00620. The molecule has 0 saturated heterocycles. The van der Waals surface area contributed by atoms with Crippen LogP contribution in [0.25, 0.3) is 5.82 Å². The van der Waals surface area contributed by atoms with Gasteiger partial charge in [0.05, 0.1) is 0 Å². The SMILES string of the molecule is CCSc1cc(-n2ccc(C(=O)O)n2)ncn1. The quantitative estimate of drug-likeness (QED) is 0.653. The normalized spacial score (nSPS) is 10.4. The molecule has 0 aromatic carbocycles. The van der Waals surface area contributed by atoms with Crippen molar-refractivity contribution in [3.05, 3.63) is 30.4 Å². The van der Waals surface area contributed by atoms with Crippen molar-refractivity contribution in [2.45, 2.75) is 11.9 Å². The molecule has 0 atom stereocenters. The van der Waals surface area contributed by atoms with Gasteiger partial charge in [0.25, 0.3) is 0 Å². The largest absolute Gasteiger partial charge is 0.476 e. The monoisotopic (exact) mass is 250 g/mol. The van der Waals surface area contributed by atoms with Gasteiger partial charge in [0.15, 0.2) is 11.5 Å². The zero-order chi connectivity index (χ0) is 12.3. The second-order valence-electron chi connectivity index (χ2n) is 3.10. The average molecular weight is 250 g/mol. The molecule has 0 radical (unpaired) electrons. The van der Waals surface area contributed by atoms with Crippen LogP contribution in [-0.2, 0) is 0 Å². The Morgan fingerprint density at radius 3 is 3.00 bits per heavy atom. The van der Waals surface area contributed by atoms with Crippen molar-refractivity contribution in [2.24, 2.45) is 0 Å². The van der Waals surface area contributed by atoms with E-state index in [9.17, 15) is 4.79 Å². The van der Waals surface area contributed by atoms with Crippen LogP contribution in [0.15, 0.2) is 29.7 Å². The summed E-state index contributed by atoms with van der Waals surface area (Å²) in [4.78, 5) is 18.8. The van der Waals surface area contributed by atoms with E-state index >= 15 is 0 Å². The molecular weight excluding hydrogens is 240 g/mol. The highest BCUT2D eigenvalue weighted by Crippen LogP contribution is 2.15. The van der Waals surface area contributed by atoms with E-state index in [0.717, 1.165) is 10.8 Å². The van der Waals surface area contributed by atoms with Crippen molar-refractivity contribution >= 4 is 17.7 Å². The van der Waals surface area contributed by atoms with Gasteiger partial charge in [0.2, 0.25) is 0 Å². The summed E-state index contributed by atoms with van der Waals surface area (Å²) < 4.78 is 1.42. The predicted octanol–water partition coefficient (Wildman–Crippen LogP) is 1.47. The number of carboxylic acids is 1. The third kappa shape index (κ3) is 2.62. The lowest BCUT2D eigenvalue weighted by molar-refractivity contribution is 0.0690. The maximum absolute atomic E-state index is 10.7. The minimum Gasteiger partial charge on any atom is -0.476 e. The lowest BCUT2D eigenvalue weighted by Gasteiger charge is -2.01. The van der Waals surface area contributed by atoms with Crippen molar-refractivity contribution < 1.29 is 9.90 Å². The molecule has 0 unspecified atom stereocenters. The number of carboxylic acid groups (broad SMARTS) is 1. The Bertz CT molecular complexity index is 541. The number of nitrogens with zero attached hydrogens (tertiary/aromatic N) is 4. The van der Waals surface area contributed by atoms with Crippen molar-refractivity contribution in [3.63, 3.8) is 0 Å². The fourth-order valence-electron chi connectivity index (χ4n) is 1.25. The van der Waals surface area contributed by atoms with Crippen LogP contribution in [0.3, 0.4) is 0 Å². The number of aromatic carboxylic acids is 1. The molecule has 0 spiro atoms. The Kier molecular flexibility index (Phi) is 3.38. The number of rotatable bonds is 4. The van der Waals surface area contributed by atoms with E-state index in [1.807, 2.05) is 6.92 Å². The summed E-state index contributed by atoms with van der Waals surface area (Å²) in [7, 11) is 0. The Balaban J connectivity index is 2.31. The second kappa shape index (κ2) is 4.96. The summed E-state index contributed by atoms with van der Waals surface area (Å²) >= 11 is 1.59. The highest BCUT2D eigenvalue weighted by molar-refractivity contribution is 7.99. The highest BCUT2D eigenvalue weighted by Gasteiger charge is 2.08. The van der Waals surface area contributed by atoms with Gasteiger partial charge in [-0.1, -0.05) is 6.92 Å². The molecule has 0 aliphatic heterocycles. The van der Waals surface area contributed by atoms with Crippen molar-refractivity contribution in [1.82, 2.24) is 19.7 Å². The topological polar surface area (TPSA) is 80.9 Å². The summed E-state index contributed by atoms with van der Waals surface area (Å²) in [6, 6.07) is 3.20. The molecular formula is C10H10N4O2S. The van der Waals surface area contributed by atoms with E-state index in [2.05, 4.69) is 15.1 Å². The Hall–Kier alpha value is -1.89. The number of hydrogen-bond donors (Lipinski definition) is 1. The molecule has 0 amide bonds. The van der Waals surface area contributed by atoms with E-state index in [0.29, 0.717) is 5.82 Å². The molecule has 0 aliphatic carbocycles. The maximum Gasteiger partial charge on any atom is 0.356 e. The predicted molar refractivity (Wildman–Crippen MR) is 62.5 cm³/mol. The summed E-state index contributed by atoms with van der Waals surface area (Å²) in [5.74, 6) is 0.417. The van der Waals surface area contributed by atoms with E-state index in [1.165, 1.54) is 17.1 Å². The first-order chi connectivity index (χ1) is 8.20. The zero-order valence-corrected chi connectivity index (χ0v) is 9.89. The summed E-state index contributed by atoms with van der Waals surface area (Å²) in [5, 5.41) is 13.5. The smallest absolute Gasteiger partial charge is 0.356 e. The number of thioether (sulfide) groups is 1. The van der Waals surface area contributed by atoms with Crippen LogP contribution in [-0.4, -0.2) is 36.6 Å². The van der Waals surface area contributed by atoms with Gasteiger partial charge in [0.1, 0.15) is 11.4 Å². The van der Waals surface area contributed by atoms with Gasteiger partial charge >= 0.3 is 5.97 Å². The zero-order valence-electron chi connectivity index (χ0n) is 9.07. The van der Waals surface area contributed by atoms with Crippen LogP contribution < -0.4 is 0 Å². The first-order valence-corrected chi connectivity index (χ1v) is 5.93. The van der Waals surface area contributed by atoms with E-state index in [4.69, 9.17) is 5.11 Å². The van der Waals surface area contributed by atoms with Gasteiger partial charge in [-0.05, 0) is 11.8 Å². The molecule has 0 aliphatic rings.